The van der Waals surface area contributed by atoms with E-state index in [1.165, 1.54) is 5.56 Å². The second-order valence-corrected chi connectivity index (χ2v) is 6.48. The van der Waals surface area contributed by atoms with Crippen molar-refractivity contribution in [3.63, 3.8) is 0 Å². The highest BCUT2D eigenvalue weighted by atomic mass is 32.2. The van der Waals surface area contributed by atoms with Gasteiger partial charge in [0.2, 0.25) is 0 Å². The van der Waals surface area contributed by atoms with Crippen LogP contribution in [0.15, 0.2) is 30.3 Å². The number of rotatable bonds is 3. The molecule has 1 aliphatic heterocycles. The summed E-state index contributed by atoms with van der Waals surface area (Å²) in [4.78, 5) is 14.7. The molecular weight excluding hydrogens is 242 g/mol. The van der Waals surface area contributed by atoms with Gasteiger partial charge in [0, 0.05) is 24.0 Å². The molecule has 2 nitrogen and oxygen atoms in total. The van der Waals surface area contributed by atoms with Crippen LogP contribution in [0.1, 0.15) is 17.9 Å². The average molecular weight is 261 g/mol. The normalized spacial score (nSPS) is 32.2. The number of thioether (sulfide) groups is 1. The van der Waals surface area contributed by atoms with Crippen molar-refractivity contribution in [1.82, 2.24) is 4.90 Å². The van der Waals surface area contributed by atoms with E-state index in [0.717, 1.165) is 24.5 Å². The summed E-state index contributed by atoms with van der Waals surface area (Å²) in [6.45, 7) is 1.05. The van der Waals surface area contributed by atoms with Crippen molar-refractivity contribution in [2.24, 2.45) is 5.92 Å². The summed E-state index contributed by atoms with van der Waals surface area (Å²) in [5.74, 6) is 3.37. The summed E-state index contributed by atoms with van der Waals surface area (Å²) in [6, 6.07) is 10.6. The minimum atomic E-state index is 0.155. The van der Waals surface area contributed by atoms with E-state index >= 15 is 0 Å². The molecule has 0 N–H and O–H groups in total. The van der Waals surface area contributed by atoms with Crippen LogP contribution in [0.25, 0.3) is 0 Å². The molecule has 1 aliphatic carbocycles. The summed E-state index contributed by atoms with van der Waals surface area (Å²) in [5.41, 5.74) is 1.34. The van der Waals surface area contributed by atoms with Crippen molar-refractivity contribution in [3.8, 4) is 0 Å². The highest BCUT2D eigenvalue weighted by Crippen LogP contribution is 2.49. The molecular formula is C15H19NOS. The van der Waals surface area contributed by atoms with E-state index in [2.05, 4.69) is 36.2 Å². The van der Waals surface area contributed by atoms with E-state index < -0.39 is 0 Å². The molecule has 2 fully saturated rings. The third-order valence-electron chi connectivity index (χ3n) is 4.11. The maximum Gasteiger partial charge on any atom is 0.154 e. The van der Waals surface area contributed by atoms with Gasteiger partial charge in [-0.1, -0.05) is 30.3 Å². The van der Waals surface area contributed by atoms with Crippen LogP contribution < -0.4 is 0 Å². The zero-order valence-corrected chi connectivity index (χ0v) is 11.5. The number of benzene rings is 1. The van der Waals surface area contributed by atoms with E-state index in [4.69, 9.17) is 0 Å². The average Bonchev–Trinajstić information content (AvgIpc) is 3.20. The Morgan fingerprint density at radius 1 is 1.33 bits per heavy atom. The van der Waals surface area contributed by atoms with Crippen LogP contribution in [-0.2, 0) is 4.79 Å². The monoisotopic (exact) mass is 261 g/mol. The smallest absolute Gasteiger partial charge is 0.154 e. The largest absolute Gasteiger partial charge is 0.298 e. The number of ketones is 1. The predicted molar refractivity (Wildman–Crippen MR) is 76.0 cm³/mol. The van der Waals surface area contributed by atoms with E-state index in [1.54, 1.807) is 0 Å². The van der Waals surface area contributed by atoms with E-state index in [0.29, 0.717) is 11.7 Å². The Bertz CT molecular complexity index is 433. The highest BCUT2D eigenvalue weighted by molar-refractivity contribution is 7.99. The van der Waals surface area contributed by atoms with Gasteiger partial charge in [0.15, 0.2) is 5.78 Å². The van der Waals surface area contributed by atoms with Gasteiger partial charge < -0.3 is 0 Å². The second-order valence-electron chi connectivity index (χ2n) is 5.33. The van der Waals surface area contributed by atoms with Crippen molar-refractivity contribution < 1.29 is 4.79 Å². The van der Waals surface area contributed by atoms with E-state index in [9.17, 15) is 4.79 Å². The van der Waals surface area contributed by atoms with Crippen molar-refractivity contribution in [3.05, 3.63) is 35.9 Å². The molecule has 96 valence electrons. The molecule has 0 aromatic heterocycles. The van der Waals surface area contributed by atoms with Crippen LogP contribution in [0.5, 0.6) is 0 Å². The maximum atomic E-state index is 12.5. The Balaban J connectivity index is 1.65. The topological polar surface area (TPSA) is 20.3 Å². The molecule has 3 unspecified atom stereocenters. The van der Waals surface area contributed by atoms with Gasteiger partial charge in [0.25, 0.3) is 0 Å². The second kappa shape index (κ2) is 5.06. The summed E-state index contributed by atoms with van der Waals surface area (Å²) in [7, 11) is 2.09. The zero-order valence-electron chi connectivity index (χ0n) is 10.7. The van der Waals surface area contributed by atoms with E-state index in [1.807, 2.05) is 17.8 Å². The van der Waals surface area contributed by atoms with Crippen LogP contribution in [0.3, 0.4) is 0 Å². The number of likely N-dealkylation sites (N-methyl/N-ethyl adjacent to an activating group) is 1. The first-order valence-corrected chi connectivity index (χ1v) is 7.79. The molecule has 1 aromatic carbocycles. The van der Waals surface area contributed by atoms with Crippen LogP contribution in [0.2, 0.25) is 0 Å². The Morgan fingerprint density at radius 3 is 2.83 bits per heavy atom. The van der Waals surface area contributed by atoms with Gasteiger partial charge in [-0.2, -0.15) is 11.8 Å². The number of carbonyl (C=O) groups is 1. The molecule has 3 rings (SSSR count). The van der Waals surface area contributed by atoms with Gasteiger partial charge in [0.1, 0.15) is 0 Å². The SMILES string of the molecule is CN1CCSCC1C(=O)C1CC1c1ccccc1. The lowest BCUT2D eigenvalue weighted by atomic mass is 10.0. The lowest BCUT2D eigenvalue weighted by Gasteiger charge is -2.31. The minimum Gasteiger partial charge on any atom is -0.298 e. The molecule has 1 saturated carbocycles. The molecule has 0 radical (unpaired) electrons. The van der Waals surface area contributed by atoms with Gasteiger partial charge >= 0.3 is 0 Å². The molecule has 1 aromatic rings. The van der Waals surface area contributed by atoms with Gasteiger partial charge in [-0.25, -0.2) is 0 Å². The molecule has 3 atom stereocenters. The minimum absolute atomic E-state index is 0.155. The fourth-order valence-corrected chi connectivity index (χ4v) is 4.04. The molecule has 0 bridgehead atoms. The first kappa shape index (κ1) is 12.2. The lowest BCUT2D eigenvalue weighted by molar-refractivity contribution is -0.124. The van der Waals surface area contributed by atoms with Crippen molar-refractivity contribution in [2.75, 3.05) is 25.1 Å². The van der Waals surface area contributed by atoms with Crippen LogP contribution in [-0.4, -0.2) is 41.8 Å². The van der Waals surface area contributed by atoms with Crippen LogP contribution in [0, 0.1) is 5.92 Å². The molecule has 2 aliphatic rings. The Kier molecular flexibility index (Phi) is 3.44. The summed E-state index contributed by atoms with van der Waals surface area (Å²) < 4.78 is 0. The first-order valence-electron chi connectivity index (χ1n) is 6.64. The van der Waals surface area contributed by atoms with Crippen molar-refractivity contribution >= 4 is 17.5 Å². The van der Waals surface area contributed by atoms with Crippen LogP contribution in [0.4, 0.5) is 0 Å². The third-order valence-corrected chi connectivity index (χ3v) is 5.13. The molecule has 3 heteroatoms. The summed E-state index contributed by atoms with van der Waals surface area (Å²) in [5, 5.41) is 0. The van der Waals surface area contributed by atoms with Gasteiger partial charge in [-0.15, -0.1) is 0 Å². The van der Waals surface area contributed by atoms with Gasteiger partial charge in [-0.05, 0) is 24.9 Å². The van der Waals surface area contributed by atoms with Gasteiger partial charge in [-0.3, -0.25) is 9.69 Å². The Labute approximate surface area is 113 Å². The lowest BCUT2D eigenvalue weighted by Crippen LogP contribution is -2.45. The predicted octanol–water partition coefficient (Wildman–Crippen LogP) is 2.41. The number of nitrogens with zero attached hydrogens (tertiary/aromatic N) is 1. The standard InChI is InChI=1S/C15H19NOS/c1-16-7-8-18-10-14(16)15(17)13-9-12(13)11-5-3-2-4-6-11/h2-6,12-14H,7-10H2,1H3. The molecule has 1 saturated heterocycles. The van der Waals surface area contributed by atoms with Crippen LogP contribution >= 0.6 is 11.8 Å². The number of hydrogen-bond acceptors (Lipinski definition) is 3. The molecule has 1 heterocycles. The zero-order chi connectivity index (χ0) is 12.5. The van der Waals surface area contributed by atoms with Gasteiger partial charge in [0.05, 0.1) is 6.04 Å². The molecule has 0 spiro atoms. The van der Waals surface area contributed by atoms with Crippen molar-refractivity contribution in [1.29, 1.82) is 0 Å². The third kappa shape index (κ3) is 2.34. The quantitative estimate of drug-likeness (QED) is 0.833. The highest BCUT2D eigenvalue weighted by Gasteiger charge is 2.46. The maximum absolute atomic E-state index is 12.5. The number of Topliss-reactive ketones (excluding diaryl/α,β-unsaturated/α-hetero) is 1. The Hall–Kier alpha value is -0.800. The fourth-order valence-electron chi connectivity index (χ4n) is 2.81. The number of hydrogen-bond donors (Lipinski definition) is 0. The fraction of sp³-hybridized carbons (Fsp3) is 0.533. The Morgan fingerprint density at radius 2 is 2.11 bits per heavy atom. The molecule has 18 heavy (non-hydrogen) atoms. The summed E-state index contributed by atoms with van der Waals surface area (Å²) >= 11 is 1.91. The van der Waals surface area contributed by atoms with Crippen molar-refractivity contribution in [2.45, 2.75) is 18.4 Å². The molecule has 0 amide bonds. The first-order chi connectivity index (χ1) is 8.77. The summed E-state index contributed by atoms with van der Waals surface area (Å²) in [6.07, 6.45) is 1.05. The van der Waals surface area contributed by atoms with E-state index in [-0.39, 0.29) is 12.0 Å². The number of carbonyl (C=O) groups excluding carboxylic acids is 1.